The second-order valence-corrected chi connectivity index (χ2v) is 7.02. The number of amides is 2. The first-order chi connectivity index (χ1) is 11.9. The number of nitriles is 1. The minimum atomic E-state index is -0.649. The molecule has 128 valence electrons. The third-order valence-electron chi connectivity index (χ3n) is 4.13. The average molecular weight is 355 g/mol. The van der Waals surface area contributed by atoms with Gasteiger partial charge in [-0.2, -0.15) is 5.26 Å². The van der Waals surface area contributed by atoms with Crippen LogP contribution in [0.25, 0.3) is 0 Å². The summed E-state index contributed by atoms with van der Waals surface area (Å²) >= 11 is 1.36. The molecule has 0 aliphatic carbocycles. The number of nitrogens with one attached hydrogen (secondary N) is 1. The fraction of sp³-hybridized carbons (Fsp3) is 0.278. The Morgan fingerprint density at radius 2 is 2.12 bits per heavy atom. The molecule has 2 aromatic rings. The summed E-state index contributed by atoms with van der Waals surface area (Å²) in [4.78, 5) is 27.3. The van der Waals surface area contributed by atoms with Gasteiger partial charge in [0.25, 0.3) is 5.91 Å². The van der Waals surface area contributed by atoms with Gasteiger partial charge in [-0.05, 0) is 38.5 Å². The number of hydrogen-bond acceptors (Lipinski definition) is 5. The van der Waals surface area contributed by atoms with E-state index in [1.54, 1.807) is 25.1 Å². The zero-order valence-electron chi connectivity index (χ0n) is 14.1. The first-order valence-corrected chi connectivity index (χ1v) is 8.61. The van der Waals surface area contributed by atoms with Crippen molar-refractivity contribution in [3.05, 3.63) is 40.3 Å². The van der Waals surface area contributed by atoms with Gasteiger partial charge in [0, 0.05) is 4.88 Å². The van der Waals surface area contributed by atoms with E-state index in [4.69, 9.17) is 4.74 Å². The largest absolute Gasteiger partial charge is 0.479 e. The minimum absolute atomic E-state index is 0.135. The Labute approximate surface area is 149 Å². The standard InChI is InChI=1S/C18H17N3O3S/c1-10-12(3)25-17(13(10)8-19)20-16(22)9-21-14-6-4-5-7-15(14)24-11(2)18(21)23/h4-7,11H,9H2,1-3H3,(H,20,22)/t11-/m0/s1. The van der Waals surface area contributed by atoms with Crippen LogP contribution in [0.15, 0.2) is 24.3 Å². The fourth-order valence-electron chi connectivity index (χ4n) is 2.68. The Bertz CT molecular complexity index is 897. The van der Waals surface area contributed by atoms with Crippen molar-refractivity contribution in [3.8, 4) is 11.8 Å². The van der Waals surface area contributed by atoms with Gasteiger partial charge in [0.15, 0.2) is 6.10 Å². The molecule has 0 saturated carbocycles. The van der Waals surface area contributed by atoms with E-state index in [0.717, 1.165) is 10.4 Å². The molecular formula is C18H17N3O3S. The molecule has 7 heteroatoms. The summed E-state index contributed by atoms with van der Waals surface area (Å²) in [5.74, 6) is -0.0502. The number of fused-ring (bicyclic) bond motifs is 1. The predicted molar refractivity (Wildman–Crippen MR) is 96.0 cm³/mol. The van der Waals surface area contributed by atoms with E-state index in [1.807, 2.05) is 19.9 Å². The number of nitrogens with zero attached hydrogens (tertiary/aromatic N) is 2. The van der Waals surface area contributed by atoms with E-state index in [-0.39, 0.29) is 18.4 Å². The molecule has 0 radical (unpaired) electrons. The predicted octanol–water partition coefficient (Wildman–Crippen LogP) is 2.99. The number of para-hydroxylation sites is 2. The van der Waals surface area contributed by atoms with Gasteiger partial charge in [0.2, 0.25) is 5.91 Å². The van der Waals surface area contributed by atoms with Gasteiger partial charge in [0.05, 0.1) is 11.3 Å². The quantitative estimate of drug-likeness (QED) is 0.917. The van der Waals surface area contributed by atoms with E-state index in [1.165, 1.54) is 16.2 Å². The van der Waals surface area contributed by atoms with Crippen LogP contribution in [-0.2, 0) is 9.59 Å². The zero-order valence-corrected chi connectivity index (χ0v) is 14.9. The summed E-state index contributed by atoms with van der Waals surface area (Å²) in [6.45, 7) is 5.27. The summed E-state index contributed by atoms with van der Waals surface area (Å²) in [5.41, 5.74) is 1.90. The molecule has 25 heavy (non-hydrogen) atoms. The number of hydrogen-bond donors (Lipinski definition) is 1. The Hall–Kier alpha value is -2.85. The number of anilines is 2. The van der Waals surface area contributed by atoms with Crippen molar-refractivity contribution in [2.75, 3.05) is 16.8 Å². The smallest absolute Gasteiger partial charge is 0.268 e. The maximum absolute atomic E-state index is 12.5. The van der Waals surface area contributed by atoms with Crippen LogP contribution in [0.2, 0.25) is 0 Å². The number of rotatable bonds is 3. The second kappa shape index (κ2) is 6.57. The van der Waals surface area contributed by atoms with Crippen LogP contribution in [0.1, 0.15) is 22.9 Å². The molecule has 0 fully saturated rings. The molecule has 3 rings (SSSR count). The summed E-state index contributed by atoms with van der Waals surface area (Å²) < 4.78 is 5.57. The number of benzene rings is 1. The number of carbonyl (C=O) groups excluding carboxylic acids is 2. The normalized spacial score (nSPS) is 16.0. The van der Waals surface area contributed by atoms with Gasteiger partial charge in [0.1, 0.15) is 23.4 Å². The molecule has 6 nitrogen and oxygen atoms in total. The molecule has 2 amide bonds. The minimum Gasteiger partial charge on any atom is -0.479 e. The lowest BCUT2D eigenvalue weighted by atomic mass is 10.2. The molecular weight excluding hydrogens is 338 g/mol. The molecule has 1 N–H and O–H groups in total. The van der Waals surface area contributed by atoms with Crippen molar-refractivity contribution in [1.82, 2.24) is 0 Å². The lowest BCUT2D eigenvalue weighted by Gasteiger charge is -2.32. The number of thiophene rings is 1. The van der Waals surface area contributed by atoms with Crippen LogP contribution < -0.4 is 15.0 Å². The van der Waals surface area contributed by atoms with Crippen molar-refractivity contribution in [2.24, 2.45) is 0 Å². The van der Waals surface area contributed by atoms with E-state index < -0.39 is 6.10 Å². The van der Waals surface area contributed by atoms with E-state index in [0.29, 0.717) is 22.0 Å². The zero-order chi connectivity index (χ0) is 18.1. The third kappa shape index (κ3) is 3.08. The summed E-state index contributed by atoms with van der Waals surface area (Å²) in [7, 11) is 0. The molecule has 0 spiro atoms. The van der Waals surface area contributed by atoms with Crippen LogP contribution in [0.4, 0.5) is 10.7 Å². The molecule has 1 aromatic heterocycles. The highest BCUT2D eigenvalue weighted by Crippen LogP contribution is 2.34. The monoisotopic (exact) mass is 355 g/mol. The highest BCUT2D eigenvalue weighted by molar-refractivity contribution is 7.16. The Balaban J connectivity index is 1.83. The molecule has 1 aliphatic rings. The maximum Gasteiger partial charge on any atom is 0.268 e. The Kier molecular flexibility index (Phi) is 4.47. The fourth-order valence-corrected chi connectivity index (χ4v) is 3.71. The van der Waals surface area contributed by atoms with Gasteiger partial charge < -0.3 is 10.1 Å². The van der Waals surface area contributed by atoms with Crippen molar-refractivity contribution < 1.29 is 14.3 Å². The molecule has 2 heterocycles. The van der Waals surface area contributed by atoms with Gasteiger partial charge >= 0.3 is 0 Å². The van der Waals surface area contributed by atoms with Gasteiger partial charge in [-0.15, -0.1) is 11.3 Å². The molecule has 1 aliphatic heterocycles. The van der Waals surface area contributed by atoms with Crippen molar-refractivity contribution in [1.29, 1.82) is 5.26 Å². The third-order valence-corrected chi connectivity index (χ3v) is 5.25. The molecule has 0 saturated heterocycles. The Morgan fingerprint density at radius 1 is 1.40 bits per heavy atom. The first-order valence-electron chi connectivity index (χ1n) is 7.79. The summed E-state index contributed by atoms with van der Waals surface area (Å²) in [5, 5.41) is 12.6. The van der Waals surface area contributed by atoms with Crippen molar-refractivity contribution in [3.63, 3.8) is 0 Å². The van der Waals surface area contributed by atoms with Crippen molar-refractivity contribution >= 4 is 33.8 Å². The highest BCUT2D eigenvalue weighted by Gasteiger charge is 2.32. The topological polar surface area (TPSA) is 82.4 Å². The average Bonchev–Trinajstić information content (AvgIpc) is 2.85. The maximum atomic E-state index is 12.5. The van der Waals surface area contributed by atoms with Crippen LogP contribution in [-0.4, -0.2) is 24.5 Å². The molecule has 0 unspecified atom stereocenters. The summed E-state index contributed by atoms with van der Waals surface area (Å²) in [6.07, 6.45) is -0.649. The van der Waals surface area contributed by atoms with E-state index in [9.17, 15) is 14.9 Å². The molecule has 0 bridgehead atoms. The van der Waals surface area contributed by atoms with Crippen molar-refractivity contribution in [2.45, 2.75) is 26.9 Å². The highest BCUT2D eigenvalue weighted by atomic mass is 32.1. The van der Waals surface area contributed by atoms with Crippen LogP contribution in [0, 0.1) is 25.2 Å². The van der Waals surface area contributed by atoms with E-state index in [2.05, 4.69) is 11.4 Å². The van der Waals surface area contributed by atoms with Gasteiger partial charge in [-0.1, -0.05) is 12.1 Å². The number of aryl methyl sites for hydroxylation is 1. The lowest BCUT2D eigenvalue weighted by molar-refractivity contribution is -0.127. The van der Waals surface area contributed by atoms with Crippen LogP contribution in [0.5, 0.6) is 5.75 Å². The van der Waals surface area contributed by atoms with Crippen LogP contribution in [0.3, 0.4) is 0 Å². The van der Waals surface area contributed by atoms with E-state index >= 15 is 0 Å². The summed E-state index contributed by atoms with van der Waals surface area (Å²) in [6, 6.07) is 9.23. The number of ether oxygens (including phenoxy) is 1. The first kappa shape index (κ1) is 17.0. The Morgan fingerprint density at radius 3 is 2.84 bits per heavy atom. The second-order valence-electron chi connectivity index (χ2n) is 5.80. The lowest BCUT2D eigenvalue weighted by Crippen LogP contribution is -2.47. The molecule has 1 atom stereocenters. The SMILES string of the molecule is Cc1sc(NC(=O)CN2C(=O)[C@H](C)Oc3ccccc32)c(C#N)c1C. The molecule has 1 aromatic carbocycles. The van der Waals surface area contributed by atoms with Gasteiger partial charge in [-0.3, -0.25) is 14.5 Å². The van der Waals surface area contributed by atoms with Gasteiger partial charge in [-0.25, -0.2) is 0 Å². The van der Waals surface area contributed by atoms with Crippen LogP contribution >= 0.6 is 11.3 Å². The number of carbonyl (C=O) groups is 2.